The van der Waals surface area contributed by atoms with Crippen LogP contribution in [0.4, 0.5) is 0 Å². The Morgan fingerprint density at radius 1 is 1.40 bits per heavy atom. The van der Waals surface area contributed by atoms with Crippen LogP contribution in [0, 0.1) is 6.92 Å². The number of nitrogens with one attached hydrogen (secondary N) is 1. The molecule has 0 heterocycles. The maximum Gasteiger partial charge on any atom is 0.241 e. The van der Waals surface area contributed by atoms with Crippen LogP contribution in [-0.2, 0) is 10.0 Å². The Bertz CT molecular complexity index is 523. The van der Waals surface area contributed by atoms with Crippen molar-refractivity contribution >= 4 is 38.4 Å². The van der Waals surface area contributed by atoms with Gasteiger partial charge >= 0.3 is 0 Å². The molecule has 0 spiro atoms. The van der Waals surface area contributed by atoms with Crippen molar-refractivity contribution in [3.8, 4) is 0 Å². The van der Waals surface area contributed by atoms with E-state index in [-0.39, 0.29) is 18.4 Å². The molecule has 1 aromatic rings. The normalized spacial score (nSPS) is 12.8. The van der Waals surface area contributed by atoms with Crippen molar-refractivity contribution in [2.75, 3.05) is 6.54 Å². The van der Waals surface area contributed by atoms with Crippen molar-refractivity contribution in [2.24, 2.45) is 5.73 Å². The Morgan fingerprint density at radius 2 is 2.05 bits per heavy atom. The van der Waals surface area contributed by atoms with Crippen LogP contribution in [0.3, 0.4) is 0 Å². The van der Waals surface area contributed by atoms with E-state index in [2.05, 4.69) is 27.6 Å². The van der Waals surface area contributed by atoms with Crippen LogP contribution in [0.1, 0.15) is 31.7 Å². The second-order valence-corrected chi connectivity index (χ2v) is 7.20. The molecule has 0 aliphatic heterocycles. The lowest BCUT2D eigenvalue weighted by Gasteiger charge is -2.17. The molecule has 0 radical (unpaired) electrons. The minimum Gasteiger partial charge on any atom is -0.329 e. The molecule has 7 heteroatoms. The molecule has 1 rings (SSSR count). The summed E-state index contributed by atoms with van der Waals surface area (Å²) < 4.78 is 28.2. The molecule has 1 unspecified atom stereocenters. The third kappa shape index (κ3) is 5.69. The van der Waals surface area contributed by atoms with Gasteiger partial charge in [0.2, 0.25) is 10.0 Å². The van der Waals surface area contributed by atoms with Gasteiger partial charge in [-0.1, -0.05) is 35.7 Å². The first-order valence-electron chi connectivity index (χ1n) is 6.39. The van der Waals surface area contributed by atoms with Crippen LogP contribution >= 0.6 is 28.3 Å². The Hall–Kier alpha value is -0.140. The van der Waals surface area contributed by atoms with Gasteiger partial charge in [0.1, 0.15) is 0 Å². The summed E-state index contributed by atoms with van der Waals surface area (Å²) in [6.45, 7) is 4.17. The lowest BCUT2D eigenvalue weighted by Crippen LogP contribution is -2.40. The van der Waals surface area contributed by atoms with Crippen molar-refractivity contribution in [3.05, 3.63) is 28.2 Å². The summed E-state index contributed by atoms with van der Waals surface area (Å²) in [4.78, 5) is 0.311. The molecule has 4 nitrogen and oxygen atoms in total. The van der Waals surface area contributed by atoms with Crippen LogP contribution in [-0.4, -0.2) is 21.0 Å². The third-order valence-electron chi connectivity index (χ3n) is 2.94. The fourth-order valence-electron chi connectivity index (χ4n) is 1.87. The molecule has 1 aromatic carbocycles. The third-order valence-corrected chi connectivity index (χ3v) is 5.11. The highest BCUT2D eigenvalue weighted by atomic mass is 79.9. The number of sulfonamides is 1. The molecule has 116 valence electrons. The van der Waals surface area contributed by atoms with Crippen molar-refractivity contribution in [3.63, 3.8) is 0 Å². The molecule has 20 heavy (non-hydrogen) atoms. The Balaban J connectivity index is 0.00000361. The van der Waals surface area contributed by atoms with Crippen LogP contribution in [0.15, 0.2) is 27.6 Å². The summed E-state index contributed by atoms with van der Waals surface area (Å²) in [5.74, 6) is 0. The quantitative estimate of drug-likeness (QED) is 0.758. The first-order valence-corrected chi connectivity index (χ1v) is 8.67. The van der Waals surface area contributed by atoms with Gasteiger partial charge in [0.25, 0.3) is 0 Å². The van der Waals surface area contributed by atoms with E-state index in [0.29, 0.717) is 17.0 Å². The number of hydrogen-bond acceptors (Lipinski definition) is 3. The number of unbranched alkanes of at least 4 members (excludes halogenated alkanes) is 1. The van der Waals surface area contributed by atoms with Gasteiger partial charge in [-0.15, -0.1) is 12.4 Å². The van der Waals surface area contributed by atoms with Gasteiger partial charge in [-0.2, -0.15) is 0 Å². The molecule has 0 saturated heterocycles. The zero-order valence-corrected chi connectivity index (χ0v) is 14.9. The average Bonchev–Trinajstić information content (AvgIpc) is 2.33. The van der Waals surface area contributed by atoms with Crippen molar-refractivity contribution in [1.29, 1.82) is 0 Å². The largest absolute Gasteiger partial charge is 0.329 e. The van der Waals surface area contributed by atoms with E-state index in [0.717, 1.165) is 23.7 Å². The summed E-state index contributed by atoms with van der Waals surface area (Å²) in [5, 5.41) is 0. The minimum atomic E-state index is -3.50. The Morgan fingerprint density at radius 3 is 2.55 bits per heavy atom. The zero-order valence-electron chi connectivity index (χ0n) is 11.7. The number of nitrogens with two attached hydrogens (primary N) is 1. The lowest BCUT2D eigenvalue weighted by atomic mass is 10.1. The van der Waals surface area contributed by atoms with Gasteiger partial charge in [0, 0.05) is 17.1 Å². The average molecular weight is 386 g/mol. The van der Waals surface area contributed by atoms with E-state index < -0.39 is 10.0 Å². The van der Waals surface area contributed by atoms with E-state index in [4.69, 9.17) is 5.73 Å². The molecule has 0 aromatic heterocycles. The first kappa shape index (κ1) is 19.9. The molecular formula is C13H22BrClN2O2S. The van der Waals surface area contributed by atoms with Crippen molar-refractivity contribution in [1.82, 2.24) is 4.72 Å². The molecule has 0 aliphatic carbocycles. The van der Waals surface area contributed by atoms with Crippen molar-refractivity contribution < 1.29 is 8.42 Å². The summed E-state index contributed by atoms with van der Waals surface area (Å²) in [6, 6.07) is 4.92. The van der Waals surface area contributed by atoms with Gasteiger partial charge < -0.3 is 5.73 Å². The fraction of sp³-hybridized carbons (Fsp3) is 0.538. The highest BCUT2D eigenvalue weighted by molar-refractivity contribution is 9.10. The summed E-state index contributed by atoms with van der Waals surface area (Å²) >= 11 is 3.33. The van der Waals surface area contributed by atoms with Crippen LogP contribution in [0.2, 0.25) is 0 Å². The molecule has 0 bridgehead atoms. The van der Waals surface area contributed by atoms with E-state index in [9.17, 15) is 8.42 Å². The second kappa shape index (κ2) is 9.00. The van der Waals surface area contributed by atoms with Gasteiger partial charge in [0.15, 0.2) is 0 Å². The van der Waals surface area contributed by atoms with Crippen LogP contribution in [0.5, 0.6) is 0 Å². The minimum absolute atomic E-state index is 0. The van der Waals surface area contributed by atoms with Gasteiger partial charge in [0.05, 0.1) is 4.90 Å². The second-order valence-electron chi connectivity index (χ2n) is 4.61. The molecule has 0 amide bonds. The molecule has 3 N–H and O–H groups in total. The Labute approximate surface area is 136 Å². The topological polar surface area (TPSA) is 72.2 Å². The van der Waals surface area contributed by atoms with Crippen LogP contribution in [0.25, 0.3) is 0 Å². The van der Waals surface area contributed by atoms with E-state index in [1.807, 2.05) is 0 Å². The molecular weight excluding hydrogens is 364 g/mol. The monoisotopic (exact) mass is 384 g/mol. The lowest BCUT2D eigenvalue weighted by molar-refractivity contribution is 0.516. The number of halogens is 2. The number of benzene rings is 1. The molecule has 0 aliphatic rings. The molecule has 0 saturated carbocycles. The Kier molecular flexibility index (Phi) is 8.93. The maximum absolute atomic E-state index is 12.3. The first-order chi connectivity index (χ1) is 8.90. The summed E-state index contributed by atoms with van der Waals surface area (Å²) in [7, 11) is -3.50. The standard InChI is InChI=1S/C13H21BrN2O2S.ClH/c1-3-4-5-12(9-15)16-19(17,18)13-7-6-11(14)8-10(13)2;/h6-8,12,16H,3-5,9,15H2,1-2H3;1H. The van der Waals surface area contributed by atoms with Gasteiger partial charge in [-0.05, 0) is 37.1 Å². The van der Waals surface area contributed by atoms with E-state index in [1.165, 1.54) is 0 Å². The number of hydrogen-bond donors (Lipinski definition) is 2. The van der Waals surface area contributed by atoms with Crippen LogP contribution < -0.4 is 10.5 Å². The highest BCUT2D eigenvalue weighted by Gasteiger charge is 2.20. The number of aryl methyl sites for hydroxylation is 1. The molecule has 0 fully saturated rings. The SMILES string of the molecule is CCCCC(CN)NS(=O)(=O)c1ccc(Br)cc1C.Cl. The zero-order chi connectivity index (χ0) is 14.5. The predicted octanol–water partition coefficient (Wildman–Crippen LogP) is 2.98. The fourth-order valence-corrected chi connectivity index (χ4v) is 3.86. The van der Waals surface area contributed by atoms with E-state index >= 15 is 0 Å². The van der Waals surface area contributed by atoms with E-state index in [1.54, 1.807) is 25.1 Å². The smallest absolute Gasteiger partial charge is 0.241 e. The number of rotatable bonds is 7. The predicted molar refractivity (Wildman–Crippen MR) is 88.8 cm³/mol. The summed E-state index contributed by atoms with van der Waals surface area (Å²) in [6.07, 6.45) is 2.75. The maximum atomic E-state index is 12.3. The molecule has 1 atom stereocenters. The highest BCUT2D eigenvalue weighted by Crippen LogP contribution is 2.20. The summed E-state index contributed by atoms with van der Waals surface area (Å²) in [5.41, 5.74) is 6.34. The van der Waals surface area contributed by atoms with Crippen molar-refractivity contribution in [2.45, 2.75) is 44.0 Å². The van der Waals surface area contributed by atoms with Gasteiger partial charge in [-0.25, -0.2) is 13.1 Å². The van der Waals surface area contributed by atoms with Gasteiger partial charge in [-0.3, -0.25) is 0 Å².